The molecule has 0 aromatic heterocycles. The number of nitrogens with one attached hydrogen (secondary N) is 1. The van der Waals surface area contributed by atoms with Crippen LogP contribution in [0.2, 0.25) is 5.02 Å². The largest absolute Gasteiger partial charge is 0.346 e. The number of amides is 1. The summed E-state index contributed by atoms with van der Waals surface area (Å²) in [6.45, 7) is 2.55. The summed E-state index contributed by atoms with van der Waals surface area (Å²) >= 11 is 5.97. The Bertz CT molecular complexity index is 610. The molecule has 0 spiro atoms. The van der Waals surface area contributed by atoms with Crippen LogP contribution in [0.15, 0.2) is 48.5 Å². The van der Waals surface area contributed by atoms with Gasteiger partial charge in [-0.15, -0.1) is 0 Å². The van der Waals surface area contributed by atoms with Gasteiger partial charge in [0.2, 0.25) is 0 Å². The van der Waals surface area contributed by atoms with Crippen LogP contribution in [0, 0.1) is 0 Å². The van der Waals surface area contributed by atoms with Crippen LogP contribution in [-0.4, -0.2) is 12.5 Å². The third kappa shape index (κ3) is 4.31. The summed E-state index contributed by atoms with van der Waals surface area (Å²) < 4.78 is 0. The predicted octanol–water partition coefficient (Wildman–Crippen LogP) is 3.33. The zero-order valence-electron chi connectivity index (χ0n) is 12.0. The van der Waals surface area contributed by atoms with E-state index in [4.69, 9.17) is 17.3 Å². The minimum atomic E-state index is -0.0973. The lowest BCUT2D eigenvalue weighted by molar-refractivity contribution is 0.0940. The van der Waals surface area contributed by atoms with E-state index in [-0.39, 0.29) is 11.9 Å². The average Bonchev–Trinajstić information content (AvgIpc) is 2.48. The maximum atomic E-state index is 12.2. The molecule has 0 unspecified atom stereocenters. The zero-order chi connectivity index (χ0) is 15.2. The molecule has 0 aliphatic heterocycles. The minimum absolute atomic E-state index is 0.0956. The molecular formula is C17H19ClN2O. The molecule has 0 aliphatic rings. The molecule has 3 nitrogen and oxygen atoms in total. The highest BCUT2D eigenvalue weighted by Crippen LogP contribution is 2.18. The van der Waals surface area contributed by atoms with Gasteiger partial charge in [0.1, 0.15) is 0 Å². The first-order chi connectivity index (χ1) is 10.1. The van der Waals surface area contributed by atoms with Crippen molar-refractivity contribution in [3.05, 3.63) is 70.2 Å². The fourth-order valence-corrected chi connectivity index (χ4v) is 2.33. The molecule has 0 fully saturated rings. The summed E-state index contributed by atoms with van der Waals surface area (Å²) in [5, 5.41) is 3.64. The number of benzene rings is 2. The Hall–Kier alpha value is -1.84. The van der Waals surface area contributed by atoms with Crippen molar-refractivity contribution in [2.75, 3.05) is 6.54 Å². The second-order valence-electron chi connectivity index (χ2n) is 4.99. The normalized spacial score (nSPS) is 12.0. The van der Waals surface area contributed by atoms with Crippen LogP contribution in [0.25, 0.3) is 0 Å². The fraction of sp³-hybridized carbons (Fsp3) is 0.235. The van der Waals surface area contributed by atoms with Gasteiger partial charge in [-0.1, -0.05) is 35.9 Å². The number of carbonyl (C=O) groups excluding carboxylic acids is 1. The molecule has 2 aromatic carbocycles. The van der Waals surface area contributed by atoms with Crippen molar-refractivity contribution in [3.63, 3.8) is 0 Å². The van der Waals surface area contributed by atoms with Crippen LogP contribution in [0.3, 0.4) is 0 Å². The lowest BCUT2D eigenvalue weighted by Crippen LogP contribution is -2.26. The van der Waals surface area contributed by atoms with E-state index in [2.05, 4.69) is 5.32 Å². The average molecular weight is 303 g/mol. The predicted molar refractivity (Wildman–Crippen MR) is 86.5 cm³/mol. The molecule has 110 valence electrons. The summed E-state index contributed by atoms with van der Waals surface area (Å²) in [5.41, 5.74) is 8.27. The number of halogens is 1. The van der Waals surface area contributed by atoms with Crippen molar-refractivity contribution < 1.29 is 4.79 Å². The molecule has 1 atom stereocenters. The van der Waals surface area contributed by atoms with Crippen molar-refractivity contribution in [1.29, 1.82) is 0 Å². The Labute approximate surface area is 130 Å². The van der Waals surface area contributed by atoms with Crippen LogP contribution in [0.1, 0.15) is 34.5 Å². The highest BCUT2D eigenvalue weighted by Gasteiger charge is 2.11. The smallest absolute Gasteiger partial charge is 0.251 e. The number of carbonyl (C=O) groups is 1. The van der Waals surface area contributed by atoms with Gasteiger partial charge in [-0.25, -0.2) is 0 Å². The minimum Gasteiger partial charge on any atom is -0.346 e. The van der Waals surface area contributed by atoms with E-state index in [1.807, 2.05) is 55.5 Å². The summed E-state index contributed by atoms with van der Waals surface area (Å²) in [7, 11) is 0. The van der Waals surface area contributed by atoms with E-state index in [1.165, 1.54) is 0 Å². The van der Waals surface area contributed by atoms with Gasteiger partial charge in [0.25, 0.3) is 5.91 Å². The highest BCUT2D eigenvalue weighted by atomic mass is 35.5. The molecule has 0 radical (unpaired) electrons. The van der Waals surface area contributed by atoms with Gasteiger partial charge < -0.3 is 11.1 Å². The van der Waals surface area contributed by atoms with E-state index in [0.29, 0.717) is 17.1 Å². The number of hydrogen-bond acceptors (Lipinski definition) is 2. The Morgan fingerprint density at radius 1 is 1.24 bits per heavy atom. The van der Waals surface area contributed by atoms with E-state index in [1.54, 1.807) is 0 Å². The van der Waals surface area contributed by atoms with Gasteiger partial charge >= 0.3 is 0 Å². The number of nitrogens with two attached hydrogens (primary N) is 1. The molecular weight excluding hydrogens is 284 g/mol. The Morgan fingerprint density at radius 3 is 2.57 bits per heavy atom. The SMILES string of the molecule is C[C@@H](NC(=O)c1ccc(CCN)cc1)c1cccc(Cl)c1. The molecule has 2 rings (SSSR count). The van der Waals surface area contributed by atoms with Gasteiger partial charge in [-0.3, -0.25) is 4.79 Å². The first kappa shape index (κ1) is 15.5. The fourth-order valence-electron chi connectivity index (χ4n) is 2.13. The monoisotopic (exact) mass is 302 g/mol. The Kier molecular flexibility index (Phi) is 5.37. The Balaban J connectivity index is 2.03. The summed E-state index contributed by atoms with van der Waals surface area (Å²) in [4.78, 5) is 12.2. The molecule has 0 heterocycles. The van der Waals surface area contributed by atoms with Crippen molar-refractivity contribution in [2.24, 2.45) is 5.73 Å². The van der Waals surface area contributed by atoms with Crippen LogP contribution in [0.4, 0.5) is 0 Å². The van der Waals surface area contributed by atoms with Crippen molar-refractivity contribution in [3.8, 4) is 0 Å². The van der Waals surface area contributed by atoms with Crippen LogP contribution < -0.4 is 11.1 Å². The maximum absolute atomic E-state index is 12.2. The molecule has 4 heteroatoms. The zero-order valence-corrected chi connectivity index (χ0v) is 12.7. The van der Waals surface area contributed by atoms with Crippen molar-refractivity contribution >= 4 is 17.5 Å². The molecule has 1 amide bonds. The molecule has 21 heavy (non-hydrogen) atoms. The Morgan fingerprint density at radius 2 is 1.95 bits per heavy atom. The van der Waals surface area contributed by atoms with Crippen molar-refractivity contribution in [2.45, 2.75) is 19.4 Å². The third-order valence-electron chi connectivity index (χ3n) is 3.35. The molecule has 3 N–H and O–H groups in total. The summed E-state index contributed by atoms with van der Waals surface area (Å²) in [5.74, 6) is -0.0956. The van der Waals surface area contributed by atoms with Gasteiger partial charge in [0.05, 0.1) is 6.04 Å². The summed E-state index contributed by atoms with van der Waals surface area (Å²) in [6, 6.07) is 14.9. The summed E-state index contributed by atoms with van der Waals surface area (Å²) in [6.07, 6.45) is 0.820. The first-order valence-electron chi connectivity index (χ1n) is 6.95. The third-order valence-corrected chi connectivity index (χ3v) is 3.58. The standard InChI is InChI=1S/C17H19ClN2O/c1-12(15-3-2-4-16(18)11-15)20-17(21)14-7-5-13(6-8-14)9-10-19/h2-8,11-12H,9-10,19H2,1H3,(H,20,21)/t12-/m1/s1. The van der Waals surface area contributed by atoms with Gasteiger partial charge in [-0.05, 0) is 55.3 Å². The van der Waals surface area contributed by atoms with Crippen LogP contribution >= 0.6 is 11.6 Å². The second kappa shape index (κ2) is 7.25. The lowest BCUT2D eigenvalue weighted by atomic mass is 10.1. The van der Waals surface area contributed by atoms with Gasteiger partial charge in [0, 0.05) is 10.6 Å². The molecule has 0 bridgehead atoms. The van der Waals surface area contributed by atoms with E-state index in [0.717, 1.165) is 17.5 Å². The van der Waals surface area contributed by atoms with E-state index < -0.39 is 0 Å². The second-order valence-corrected chi connectivity index (χ2v) is 5.42. The first-order valence-corrected chi connectivity index (χ1v) is 7.33. The molecule has 0 saturated carbocycles. The van der Waals surface area contributed by atoms with E-state index >= 15 is 0 Å². The number of hydrogen-bond donors (Lipinski definition) is 2. The van der Waals surface area contributed by atoms with E-state index in [9.17, 15) is 4.79 Å². The lowest BCUT2D eigenvalue weighted by Gasteiger charge is -2.15. The highest BCUT2D eigenvalue weighted by molar-refractivity contribution is 6.30. The molecule has 2 aromatic rings. The van der Waals surface area contributed by atoms with Crippen LogP contribution in [0.5, 0.6) is 0 Å². The topological polar surface area (TPSA) is 55.1 Å². The van der Waals surface area contributed by atoms with Gasteiger partial charge in [-0.2, -0.15) is 0 Å². The molecule has 0 saturated heterocycles. The quantitative estimate of drug-likeness (QED) is 0.890. The maximum Gasteiger partial charge on any atom is 0.251 e. The van der Waals surface area contributed by atoms with Gasteiger partial charge in [0.15, 0.2) is 0 Å². The van der Waals surface area contributed by atoms with Crippen molar-refractivity contribution in [1.82, 2.24) is 5.32 Å². The van der Waals surface area contributed by atoms with Crippen LogP contribution in [-0.2, 0) is 6.42 Å². The number of rotatable bonds is 5. The molecule has 0 aliphatic carbocycles.